The van der Waals surface area contributed by atoms with E-state index in [2.05, 4.69) is 106 Å². The number of unbranched alkanes of at least 4 members (excludes halogenated alkanes) is 20. The molecule has 0 aromatic heterocycles. The van der Waals surface area contributed by atoms with Crippen molar-refractivity contribution in [1.29, 1.82) is 0 Å². The van der Waals surface area contributed by atoms with Gasteiger partial charge in [-0.2, -0.15) is 0 Å². The van der Waals surface area contributed by atoms with Gasteiger partial charge in [0.05, 0.1) is 26.2 Å². The number of allylic oxidation sites excluding steroid dienone is 17. The smallest absolute Gasteiger partial charge is 0.462 e. The fourth-order valence-electron chi connectivity index (χ4n) is 7.73. The molecule has 0 bridgehead atoms. The lowest BCUT2D eigenvalue weighted by molar-refractivity contribution is -0.161. The second kappa shape index (κ2) is 57.3. The van der Waals surface area contributed by atoms with Crippen molar-refractivity contribution in [2.24, 2.45) is 0 Å². The maximum absolute atomic E-state index is 12.9. The van der Waals surface area contributed by atoms with E-state index in [1.54, 1.807) is 6.08 Å². The molecule has 12 heteroatoms. The van der Waals surface area contributed by atoms with Gasteiger partial charge in [-0.3, -0.25) is 23.4 Å². The van der Waals surface area contributed by atoms with E-state index in [0.717, 1.165) is 116 Å². The molecule has 0 aromatic carbocycles. The summed E-state index contributed by atoms with van der Waals surface area (Å²) in [5.74, 6) is -1.62. The van der Waals surface area contributed by atoms with Crippen molar-refractivity contribution >= 4 is 25.7 Å². The van der Waals surface area contributed by atoms with Gasteiger partial charge in [-0.25, -0.2) is 4.57 Å². The van der Waals surface area contributed by atoms with E-state index in [-0.39, 0.29) is 25.9 Å². The average Bonchev–Trinajstić information content (AvgIpc) is 3.41. The number of carbonyl (C=O) groups excluding carboxylic acids is 3. The highest BCUT2D eigenvalue weighted by Gasteiger charge is 2.28. The van der Waals surface area contributed by atoms with E-state index >= 15 is 0 Å². The zero-order valence-corrected chi connectivity index (χ0v) is 48.8. The molecule has 0 saturated heterocycles. The molecule has 0 rings (SSSR count). The van der Waals surface area contributed by atoms with Crippen molar-refractivity contribution in [3.05, 3.63) is 109 Å². The van der Waals surface area contributed by atoms with E-state index in [1.165, 1.54) is 64.2 Å². The lowest BCUT2D eigenvalue weighted by Gasteiger charge is -2.21. The Morgan fingerprint density at radius 3 is 1.17 bits per heavy atom. The molecule has 3 unspecified atom stereocenters. The largest absolute Gasteiger partial charge is 0.472 e. The molecule has 0 saturated carbocycles. The molecule has 0 aliphatic carbocycles. The van der Waals surface area contributed by atoms with Crippen LogP contribution in [0.5, 0.6) is 0 Å². The van der Waals surface area contributed by atoms with E-state index < -0.39 is 57.8 Å². The molecule has 0 spiro atoms. The van der Waals surface area contributed by atoms with Crippen LogP contribution in [0.25, 0.3) is 0 Å². The first kappa shape index (κ1) is 72.1. The van der Waals surface area contributed by atoms with Gasteiger partial charge < -0.3 is 24.2 Å². The normalized spacial score (nSPS) is 14.1. The molecule has 2 N–H and O–H groups in total. The number of phosphoric acid groups is 1. The van der Waals surface area contributed by atoms with Crippen molar-refractivity contribution in [2.75, 3.05) is 26.4 Å². The number of esters is 3. The van der Waals surface area contributed by atoms with E-state index in [0.29, 0.717) is 19.3 Å². The Bertz CT molecular complexity index is 1690. The minimum atomic E-state index is -4.78. The van der Waals surface area contributed by atoms with Gasteiger partial charge in [-0.1, -0.05) is 226 Å². The summed E-state index contributed by atoms with van der Waals surface area (Å²) < 4.78 is 39.4. The number of ether oxygens (including phenoxy) is 3. The third-order valence-corrected chi connectivity index (χ3v) is 13.1. The lowest BCUT2D eigenvalue weighted by Crippen LogP contribution is -2.30. The van der Waals surface area contributed by atoms with E-state index in [1.807, 2.05) is 18.2 Å². The number of aliphatic hydroxyl groups is 1. The second-order valence-electron chi connectivity index (χ2n) is 19.4. The number of phosphoric ester groups is 1. The fourth-order valence-corrected chi connectivity index (χ4v) is 8.52. The van der Waals surface area contributed by atoms with Gasteiger partial charge in [-0.15, -0.1) is 0 Å². The zero-order chi connectivity index (χ0) is 55.5. The first-order chi connectivity index (χ1) is 37.2. The monoisotopic (exact) mass is 1080 g/mol. The van der Waals surface area contributed by atoms with Gasteiger partial charge in [-0.05, 0) is 103 Å². The lowest BCUT2D eigenvalue weighted by atomic mass is 10.1. The molecule has 76 heavy (non-hydrogen) atoms. The first-order valence-corrected chi connectivity index (χ1v) is 31.3. The number of aliphatic hydroxyl groups excluding tert-OH is 1. The summed E-state index contributed by atoms with van der Waals surface area (Å²) in [6.07, 6.45) is 69.3. The van der Waals surface area contributed by atoms with Gasteiger partial charge in [0, 0.05) is 12.8 Å². The highest BCUT2D eigenvalue weighted by molar-refractivity contribution is 7.47. The summed E-state index contributed by atoms with van der Waals surface area (Å²) in [5, 5.41) is 9.80. The minimum Gasteiger partial charge on any atom is -0.462 e. The van der Waals surface area contributed by atoms with Gasteiger partial charge in [0.1, 0.15) is 12.7 Å². The van der Waals surface area contributed by atoms with E-state index in [4.69, 9.17) is 23.3 Å². The van der Waals surface area contributed by atoms with Crippen LogP contribution in [0.2, 0.25) is 0 Å². The summed E-state index contributed by atoms with van der Waals surface area (Å²) in [6.45, 7) is 4.29. The molecule has 0 aliphatic heterocycles. The number of rotatable bonds is 54. The third kappa shape index (κ3) is 54.9. The molecular formula is C64H107O11P. The quantitative estimate of drug-likeness (QED) is 0.0197. The molecule has 11 nitrogen and oxygen atoms in total. The van der Waals surface area contributed by atoms with Gasteiger partial charge >= 0.3 is 25.7 Å². The first-order valence-electron chi connectivity index (χ1n) is 29.8. The average molecular weight is 1080 g/mol. The Kier molecular flexibility index (Phi) is 54.4. The maximum atomic E-state index is 12.9. The Balaban J connectivity index is 4.83. The standard InChI is InChI=1S/C64H107O11P/c1-4-7-10-13-16-19-22-25-28-30-33-35-38-41-44-47-50-53-62(66)71-57-61(75-64(68)55-52-49-46-43-40-37-34-31-29-26-23-20-17-14-11-8-5-2)59-73-76(69,70)72-58-60(56-65)74-63(67)54-51-48-45-42-39-36-32-27-24-21-18-15-12-9-6-3/h8-9,11-12,17-18,20-21,25-29,32,39,42,48,51,60-61,65H,4-7,10,13-16,19,22-24,30-31,33-38,40-41,43-47,49-50,52-59H2,1-3H3,(H,69,70)/b11-8-,12-9-,20-17-,21-18-,28-25-,29-26-,32-27-,42-39-,51-48-. The van der Waals surface area contributed by atoms with Crippen molar-refractivity contribution in [3.8, 4) is 0 Å². The van der Waals surface area contributed by atoms with E-state index in [9.17, 15) is 28.9 Å². The van der Waals surface area contributed by atoms with Crippen LogP contribution in [0.3, 0.4) is 0 Å². The van der Waals surface area contributed by atoms with Gasteiger partial charge in [0.2, 0.25) is 0 Å². The molecule has 0 aromatic rings. The van der Waals surface area contributed by atoms with Crippen molar-refractivity contribution in [3.63, 3.8) is 0 Å². The van der Waals surface area contributed by atoms with Crippen LogP contribution in [-0.4, -0.2) is 66.5 Å². The zero-order valence-electron chi connectivity index (χ0n) is 47.9. The highest BCUT2D eigenvalue weighted by Crippen LogP contribution is 2.43. The summed E-state index contributed by atoms with van der Waals surface area (Å²) in [6, 6.07) is 0. The fraction of sp³-hybridized carbons (Fsp3) is 0.672. The molecule has 0 fully saturated rings. The topological polar surface area (TPSA) is 155 Å². The predicted octanol–water partition coefficient (Wildman–Crippen LogP) is 17.8. The van der Waals surface area contributed by atoms with Crippen LogP contribution in [0.15, 0.2) is 109 Å². The van der Waals surface area contributed by atoms with Crippen LogP contribution in [0.1, 0.15) is 239 Å². The summed E-state index contributed by atoms with van der Waals surface area (Å²) in [7, 11) is -4.78. The van der Waals surface area contributed by atoms with Crippen LogP contribution in [-0.2, 0) is 42.2 Å². The molecule has 0 aliphatic rings. The Labute approximate surface area is 463 Å². The summed E-state index contributed by atoms with van der Waals surface area (Å²) >= 11 is 0. The molecule has 0 heterocycles. The SMILES string of the molecule is CC/C=C\C/C=C\C/C=C\C/C=C\C/C=C\CC(=O)OC(CO)COP(=O)(O)OCC(COC(=O)CCCCCCCCC/C=C\CCCCCCCC)OC(=O)CCCCCCCCC/C=C\C/C=C\C/C=C\CC. The molecular weight excluding hydrogens is 976 g/mol. The van der Waals surface area contributed by atoms with Crippen LogP contribution < -0.4 is 0 Å². The summed E-state index contributed by atoms with van der Waals surface area (Å²) in [5.41, 5.74) is 0. The van der Waals surface area contributed by atoms with Crippen LogP contribution >= 0.6 is 7.82 Å². The Hall–Kier alpha value is -3.86. The second-order valence-corrected chi connectivity index (χ2v) is 20.9. The molecule has 0 amide bonds. The van der Waals surface area contributed by atoms with Gasteiger partial charge in [0.15, 0.2) is 6.10 Å². The van der Waals surface area contributed by atoms with Crippen molar-refractivity contribution in [2.45, 2.75) is 251 Å². The summed E-state index contributed by atoms with van der Waals surface area (Å²) in [4.78, 5) is 48.6. The molecule has 434 valence electrons. The van der Waals surface area contributed by atoms with Gasteiger partial charge in [0.25, 0.3) is 0 Å². The third-order valence-electron chi connectivity index (χ3n) is 12.2. The van der Waals surface area contributed by atoms with Crippen LogP contribution in [0.4, 0.5) is 0 Å². The van der Waals surface area contributed by atoms with Crippen molar-refractivity contribution in [1.82, 2.24) is 0 Å². The Morgan fingerprint density at radius 1 is 0.395 bits per heavy atom. The minimum absolute atomic E-state index is 0.0601. The predicted molar refractivity (Wildman–Crippen MR) is 316 cm³/mol. The molecule has 3 atom stereocenters. The Morgan fingerprint density at radius 2 is 0.737 bits per heavy atom. The molecule has 0 radical (unpaired) electrons. The number of hydrogen-bond donors (Lipinski definition) is 2. The number of hydrogen-bond acceptors (Lipinski definition) is 10. The van der Waals surface area contributed by atoms with Crippen molar-refractivity contribution < 1.29 is 52.2 Å². The maximum Gasteiger partial charge on any atom is 0.472 e. The highest BCUT2D eigenvalue weighted by atomic mass is 31.2. The van der Waals surface area contributed by atoms with Crippen LogP contribution in [0, 0.1) is 0 Å². The number of carbonyl (C=O) groups is 3.